The molecule has 0 atom stereocenters. The van der Waals surface area contributed by atoms with Crippen molar-refractivity contribution in [1.82, 2.24) is 0 Å². The van der Waals surface area contributed by atoms with Gasteiger partial charge in [-0.25, -0.2) is 8.42 Å². The Morgan fingerprint density at radius 1 is 1.32 bits per heavy atom. The number of nitrogen functional groups attached to an aromatic ring is 1. The van der Waals surface area contributed by atoms with Gasteiger partial charge in [-0.15, -0.1) is 0 Å². The summed E-state index contributed by atoms with van der Waals surface area (Å²) in [6.45, 7) is 1.71. The number of aryl methyl sites for hydroxylation is 1. The quantitative estimate of drug-likeness (QED) is 0.820. The topological polar surface area (TPSA) is 72.2 Å². The SMILES string of the molecule is Cc1cc(NS(=O)(=O)CCCC(F)(F)F)ccc1N. The number of alkyl halides is 3. The van der Waals surface area contributed by atoms with Crippen molar-refractivity contribution in [2.45, 2.75) is 25.9 Å². The number of rotatable bonds is 5. The van der Waals surface area contributed by atoms with Crippen LogP contribution in [-0.4, -0.2) is 20.3 Å². The zero-order valence-corrected chi connectivity index (χ0v) is 11.1. The lowest BCUT2D eigenvalue weighted by Gasteiger charge is -2.10. The summed E-state index contributed by atoms with van der Waals surface area (Å²) in [6.07, 6.45) is -5.92. The second-order valence-electron chi connectivity index (χ2n) is 4.21. The highest BCUT2D eigenvalue weighted by atomic mass is 32.2. The molecule has 0 aliphatic carbocycles. The third kappa shape index (κ3) is 5.82. The van der Waals surface area contributed by atoms with E-state index in [9.17, 15) is 21.6 Å². The summed E-state index contributed by atoms with van der Waals surface area (Å²) in [7, 11) is -3.78. The van der Waals surface area contributed by atoms with Crippen molar-refractivity contribution in [3.8, 4) is 0 Å². The average Bonchev–Trinajstić information content (AvgIpc) is 2.20. The molecule has 0 fully saturated rings. The number of nitrogens with two attached hydrogens (primary N) is 1. The van der Waals surface area contributed by atoms with Gasteiger partial charge < -0.3 is 5.73 Å². The third-order valence-corrected chi connectivity index (χ3v) is 3.79. The molecule has 0 aliphatic rings. The lowest BCUT2D eigenvalue weighted by molar-refractivity contribution is -0.134. The first kappa shape index (κ1) is 15.6. The summed E-state index contributed by atoms with van der Waals surface area (Å²) < 4.78 is 61.1. The van der Waals surface area contributed by atoms with Gasteiger partial charge >= 0.3 is 6.18 Å². The maximum Gasteiger partial charge on any atom is 0.389 e. The largest absolute Gasteiger partial charge is 0.399 e. The predicted octanol–water partition coefficient (Wildman–Crippen LogP) is 2.66. The first-order valence-electron chi connectivity index (χ1n) is 5.52. The smallest absolute Gasteiger partial charge is 0.389 e. The molecule has 4 nitrogen and oxygen atoms in total. The van der Waals surface area contributed by atoms with E-state index >= 15 is 0 Å². The Hall–Kier alpha value is -1.44. The Bertz CT molecular complexity index is 541. The number of hydrogen-bond acceptors (Lipinski definition) is 3. The fourth-order valence-corrected chi connectivity index (χ4v) is 2.54. The summed E-state index contributed by atoms with van der Waals surface area (Å²) >= 11 is 0. The van der Waals surface area contributed by atoms with Crippen LogP contribution in [0.3, 0.4) is 0 Å². The van der Waals surface area contributed by atoms with E-state index < -0.39 is 34.8 Å². The number of halogens is 3. The van der Waals surface area contributed by atoms with Gasteiger partial charge in [0.25, 0.3) is 0 Å². The Balaban J connectivity index is 2.61. The molecule has 0 radical (unpaired) electrons. The summed E-state index contributed by atoms with van der Waals surface area (Å²) in [5, 5.41) is 0. The minimum absolute atomic E-state index is 0.290. The summed E-state index contributed by atoms with van der Waals surface area (Å²) in [5.74, 6) is -0.573. The van der Waals surface area contributed by atoms with E-state index in [1.807, 2.05) is 0 Å². The molecule has 0 amide bonds. The minimum Gasteiger partial charge on any atom is -0.399 e. The number of anilines is 2. The van der Waals surface area contributed by atoms with Crippen LogP contribution in [0, 0.1) is 6.92 Å². The van der Waals surface area contributed by atoms with Gasteiger partial charge in [-0.2, -0.15) is 13.2 Å². The van der Waals surface area contributed by atoms with E-state index in [4.69, 9.17) is 5.73 Å². The first-order valence-corrected chi connectivity index (χ1v) is 7.18. The van der Waals surface area contributed by atoms with E-state index in [1.54, 1.807) is 6.92 Å². The number of hydrogen-bond donors (Lipinski definition) is 2. The molecule has 0 aliphatic heterocycles. The van der Waals surface area contributed by atoms with Crippen molar-refractivity contribution in [3.63, 3.8) is 0 Å². The molecule has 8 heteroatoms. The van der Waals surface area contributed by atoms with Gasteiger partial charge in [0, 0.05) is 17.8 Å². The molecule has 19 heavy (non-hydrogen) atoms. The van der Waals surface area contributed by atoms with Gasteiger partial charge in [0.2, 0.25) is 10.0 Å². The molecular formula is C11H15F3N2O2S. The van der Waals surface area contributed by atoms with Crippen LogP contribution in [0.2, 0.25) is 0 Å². The van der Waals surface area contributed by atoms with Crippen LogP contribution < -0.4 is 10.5 Å². The van der Waals surface area contributed by atoms with Crippen LogP contribution >= 0.6 is 0 Å². The molecule has 0 spiro atoms. The van der Waals surface area contributed by atoms with E-state index in [0.29, 0.717) is 16.9 Å². The molecule has 0 aromatic heterocycles. The Morgan fingerprint density at radius 2 is 1.95 bits per heavy atom. The highest BCUT2D eigenvalue weighted by molar-refractivity contribution is 7.92. The van der Waals surface area contributed by atoms with E-state index in [0.717, 1.165) is 0 Å². The van der Waals surface area contributed by atoms with Gasteiger partial charge in [-0.1, -0.05) is 0 Å². The van der Waals surface area contributed by atoms with Crippen molar-refractivity contribution < 1.29 is 21.6 Å². The highest BCUT2D eigenvalue weighted by Gasteiger charge is 2.27. The van der Waals surface area contributed by atoms with Crippen molar-refractivity contribution >= 4 is 21.4 Å². The predicted molar refractivity (Wildman–Crippen MR) is 68.3 cm³/mol. The monoisotopic (exact) mass is 296 g/mol. The van der Waals surface area contributed by atoms with Crippen LogP contribution in [0.4, 0.5) is 24.5 Å². The average molecular weight is 296 g/mol. The second kappa shape index (κ2) is 5.68. The lowest BCUT2D eigenvalue weighted by atomic mass is 10.2. The van der Waals surface area contributed by atoms with Crippen LogP contribution in [0.15, 0.2) is 18.2 Å². The van der Waals surface area contributed by atoms with Crippen LogP contribution in [0.25, 0.3) is 0 Å². The van der Waals surface area contributed by atoms with Crippen molar-refractivity contribution in [3.05, 3.63) is 23.8 Å². The van der Waals surface area contributed by atoms with Gasteiger partial charge in [0.05, 0.1) is 5.75 Å². The lowest BCUT2D eigenvalue weighted by Crippen LogP contribution is -2.19. The van der Waals surface area contributed by atoms with Crippen LogP contribution in [0.5, 0.6) is 0 Å². The number of benzene rings is 1. The van der Waals surface area contributed by atoms with Crippen molar-refractivity contribution in [1.29, 1.82) is 0 Å². The maximum absolute atomic E-state index is 11.9. The second-order valence-corrected chi connectivity index (χ2v) is 6.05. The van der Waals surface area contributed by atoms with Gasteiger partial charge in [-0.3, -0.25) is 4.72 Å². The molecule has 0 heterocycles. The molecule has 108 valence electrons. The molecule has 1 rings (SSSR count). The zero-order valence-electron chi connectivity index (χ0n) is 10.3. The van der Waals surface area contributed by atoms with Crippen LogP contribution in [0.1, 0.15) is 18.4 Å². The Morgan fingerprint density at radius 3 is 2.47 bits per heavy atom. The summed E-state index contributed by atoms with van der Waals surface area (Å²) in [5.41, 5.74) is 7.07. The maximum atomic E-state index is 11.9. The molecular weight excluding hydrogens is 281 g/mol. The fourth-order valence-electron chi connectivity index (χ4n) is 1.43. The summed E-state index contributed by atoms with van der Waals surface area (Å²) in [4.78, 5) is 0. The Labute approximate surface area is 109 Å². The molecule has 0 saturated heterocycles. The minimum atomic E-state index is -4.34. The first-order chi connectivity index (χ1) is 8.59. The number of sulfonamides is 1. The molecule has 1 aromatic carbocycles. The normalized spacial score (nSPS) is 12.4. The molecule has 3 N–H and O–H groups in total. The molecule has 0 bridgehead atoms. The molecule has 0 unspecified atom stereocenters. The Kier molecular flexibility index (Phi) is 4.67. The van der Waals surface area contributed by atoms with Gasteiger partial charge in [0.1, 0.15) is 0 Å². The highest BCUT2D eigenvalue weighted by Crippen LogP contribution is 2.22. The van der Waals surface area contributed by atoms with Crippen molar-refractivity contribution in [2.24, 2.45) is 0 Å². The van der Waals surface area contributed by atoms with E-state index in [2.05, 4.69) is 4.72 Å². The summed E-state index contributed by atoms with van der Waals surface area (Å²) in [6, 6.07) is 4.52. The standard InChI is InChI=1S/C11H15F3N2O2S/c1-8-7-9(3-4-10(8)15)16-19(17,18)6-2-5-11(12,13)14/h3-4,7,16H,2,5-6,15H2,1H3. The van der Waals surface area contributed by atoms with Crippen molar-refractivity contribution in [2.75, 3.05) is 16.2 Å². The molecule has 1 aromatic rings. The van der Waals surface area contributed by atoms with E-state index in [1.165, 1.54) is 18.2 Å². The van der Waals surface area contributed by atoms with Crippen LogP contribution in [-0.2, 0) is 10.0 Å². The zero-order chi connectivity index (χ0) is 14.7. The fraction of sp³-hybridized carbons (Fsp3) is 0.455. The number of nitrogens with one attached hydrogen (secondary N) is 1. The van der Waals surface area contributed by atoms with Gasteiger partial charge in [0.15, 0.2) is 0 Å². The third-order valence-electron chi connectivity index (χ3n) is 2.42. The van der Waals surface area contributed by atoms with Gasteiger partial charge in [-0.05, 0) is 37.1 Å². The van der Waals surface area contributed by atoms with E-state index in [-0.39, 0.29) is 0 Å². The molecule has 0 saturated carbocycles.